The van der Waals surface area contributed by atoms with E-state index in [1.807, 2.05) is 55.3 Å². The monoisotopic (exact) mass is 362 g/mol. The van der Waals surface area contributed by atoms with E-state index >= 15 is 0 Å². The largest absolute Gasteiger partial charge is 0.496 e. The van der Waals surface area contributed by atoms with E-state index < -0.39 is 0 Å². The Labute approximate surface area is 153 Å². The Bertz CT molecular complexity index is 722. The number of ether oxygens (including phenoxy) is 2. The van der Waals surface area contributed by atoms with Gasteiger partial charge in [0.15, 0.2) is 0 Å². The Kier molecular flexibility index (Phi) is 7.10. The minimum atomic E-state index is -0.115. The number of halogens is 1. The minimum absolute atomic E-state index is 0.115. The molecule has 0 fully saturated rings. The maximum atomic E-state index is 12.3. The lowest BCUT2D eigenvalue weighted by Crippen LogP contribution is -2.30. The van der Waals surface area contributed by atoms with Crippen LogP contribution in [0.1, 0.15) is 12.5 Å². The van der Waals surface area contributed by atoms with E-state index in [0.717, 1.165) is 11.3 Å². The second-order valence-corrected chi connectivity index (χ2v) is 6.04. The molecule has 2 aromatic carbocycles. The summed E-state index contributed by atoms with van der Waals surface area (Å²) >= 11 is 6.05. The van der Waals surface area contributed by atoms with Crippen LogP contribution in [0.25, 0.3) is 0 Å². The van der Waals surface area contributed by atoms with Crippen molar-refractivity contribution in [2.24, 2.45) is 0 Å². The van der Waals surface area contributed by atoms with Gasteiger partial charge in [-0.25, -0.2) is 0 Å². The van der Waals surface area contributed by atoms with Gasteiger partial charge in [0.05, 0.1) is 25.9 Å². The number of amides is 1. The average molecular weight is 363 g/mol. The number of likely N-dealkylation sites (N-methyl/N-ethyl adjacent to an activating group) is 1. The van der Waals surface area contributed by atoms with Crippen LogP contribution in [0, 0.1) is 0 Å². The van der Waals surface area contributed by atoms with E-state index in [1.165, 1.54) is 0 Å². The molecule has 2 rings (SSSR count). The van der Waals surface area contributed by atoms with E-state index in [1.54, 1.807) is 13.2 Å². The lowest BCUT2D eigenvalue weighted by Gasteiger charge is -2.19. The van der Waals surface area contributed by atoms with Crippen molar-refractivity contribution in [1.82, 2.24) is 4.90 Å². The third-order valence-corrected chi connectivity index (χ3v) is 3.79. The molecule has 0 unspecified atom stereocenters. The first-order chi connectivity index (χ1) is 12.0. The molecular weight excluding hydrogens is 340 g/mol. The van der Waals surface area contributed by atoms with E-state index in [2.05, 4.69) is 5.32 Å². The highest BCUT2D eigenvalue weighted by Crippen LogP contribution is 2.25. The van der Waals surface area contributed by atoms with Crippen LogP contribution in [-0.2, 0) is 11.3 Å². The molecule has 1 amide bonds. The summed E-state index contributed by atoms with van der Waals surface area (Å²) < 4.78 is 10.9. The van der Waals surface area contributed by atoms with Gasteiger partial charge in [0.1, 0.15) is 11.5 Å². The van der Waals surface area contributed by atoms with E-state index in [0.29, 0.717) is 29.6 Å². The molecule has 0 heterocycles. The van der Waals surface area contributed by atoms with Gasteiger partial charge in [-0.1, -0.05) is 23.7 Å². The molecule has 0 aliphatic heterocycles. The van der Waals surface area contributed by atoms with Gasteiger partial charge in [-0.05, 0) is 44.3 Å². The number of nitrogens with zero attached hydrogens (tertiary/aromatic N) is 1. The zero-order valence-electron chi connectivity index (χ0n) is 14.7. The number of anilines is 1. The summed E-state index contributed by atoms with van der Waals surface area (Å²) in [7, 11) is 3.48. The predicted molar refractivity (Wildman–Crippen MR) is 101 cm³/mol. The Balaban J connectivity index is 1.98. The molecular formula is C19H23ClN2O3. The summed E-state index contributed by atoms with van der Waals surface area (Å²) in [6.07, 6.45) is 0. The molecule has 0 saturated heterocycles. The fourth-order valence-corrected chi connectivity index (χ4v) is 2.70. The van der Waals surface area contributed by atoms with E-state index in [-0.39, 0.29) is 12.5 Å². The summed E-state index contributed by atoms with van der Waals surface area (Å²) in [5, 5.41) is 3.53. The number of para-hydroxylation sites is 2. The normalized spacial score (nSPS) is 10.6. The van der Waals surface area contributed by atoms with Gasteiger partial charge in [-0.15, -0.1) is 0 Å². The maximum Gasteiger partial charge on any atom is 0.238 e. The molecule has 0 radical (unpaired) electrons. The van der Waals surface area contributed by atoms with Gasteiger partial charge in [0.2, 0.25) is 5.91 Å². The Morgan fingerprint density at radius 3 is 2.68 bits per heavy atom. The lowest BCUT2D eigenvalue weighted by atomic mass is 10.2. The van der Waals surface area contributed by atoms with Crippen molar-refractivity contribution >= 4 is 23.2 Å². The quantitative estimate of drug-likeness (QED) is 0.775. The van der Waals surface area contributed by atoms with Crippen LogP contribution in [0.5, 0.6) is 11.5 Å². The van der Waals surface area contributed by atoms with Crippen LogP contribution in [-0.4, -0.2) is 38.1 Å². The number of nitrogens with one attached hydrogen (secondary N) is 1. The number of hydrogen-bond donors (Lipinski definition) is 1. The van der Waals surface area contributed by atoms with Crippen molar-refractivity contribution in [3.05, 3.63) is 53.1 Å². The molecule has 0 saturated carbocycles. The van der Waals surface area contributed by atoms with Crippen LogP contribution in [0.3, 0.4) is 0 Å². The smallest absolute Gasteiger partial charge is 0.238 e. The van der Waals surface area contributed by atoms with Crippen LogP contribution in [0.4, 0.5) is 5.69 Å². The number of benzene rings is 2. The molecule has 1 N–H and O–H groups in total. The van der Waals surface area contributed by atoms with Crippen molar-refractivity contribution in [3.8, 4) is 11.5 Å². The molecule has 6 heteroatoms. The minimum Gasteiger partial charge on any atom is -0.496 e. The summed E-state index contributed by atoms with van der Waals surface area (Å²) in [4.78, 5) is 14.2. The topological polar surface area (TPSA) is 50.8 Å². The van der Waals surface area contributed by atoms with Crippen molar-refractivity contribution in [2.75, 3.05) is 32.6 Å². The van der Waals surface area contributed by atoms with E-state index in [9.17, 15) is 4.79 Å². The fourth-order valence-electron chi connectivity index (χ4n) is 2.50. The van der Waals surface area contributed by atoms with Gasteiger partial charge in [-0.2, -0.15) is 0 Å². The Morgan fingerprint density at radius 1 is 1.20 bits per heavy atom. The van der Waals surface area contributed by atoms with Gasteiger partial charge in [-0.3, -0.25) is 9.69 Å². The van der Waals surface area contributed by atoms with Crippen LogP contribution in [0.15, 0.2) is 42.5 Å². The first-order valence-electron chi connectivity index (χ1n) is 8.06. The summed E-state index contributed by atoms with van der Waals surface area (Å²) in [5.74, 6) is 1.30. The second kappa shape index (κ2) is 9.30. The molecule has 0 aliphatic rings. The van der Waals surface area contributed by atoms with Crippen LogP contribution < -0.4 is 14.8 Å². The van der Waals surface area contributed by atoms with Crippen molar-refractivity contribution in [1.29, 1.82) is 0 Å². The molecule has 0 bridgehead atoms. The second-order valence-electron chi connectivity index (χ2n) is 5.61. The zero-order chi connectivity index (χ0) is 18.2. The van der Waals surface area contributed by atoms with Gasteiger partial charge < -0.3 is 14.8 Å². The number of carbonyl (C=O) groups excluding carboxylic acids is 1. The molecule has 0 aliphatic carbocycles. The molecule has 134 valence electrons. The first kappa shape index (κ1) is 19.1. The molecule has 25 heavy (non-hydrogen) atoms. The van der Waals surface area contributed by atoms with Crippen molar-refractivity contribution in [3.63, 3.8) is 0 Å². The Hall–Kier alpha value is -2.24. The fraction of sp³-hybridized carbons (Fsp3) is 0.316. The van der Waals surface area contributed by atoms with Crippen molar-refractivity contribution < 1.29 is 14.3 Å². The Morgan fingerprint density at radius 2 is 1.96 bits per heavy atom. The molecule has 2 aromatic rings. The highest BCUT2D eigenvalue weighted by Gasteiger charge is 2.12. The SMILES string of the molecule is CCOc1ccccc1NC(=O)CN(C)Cc1cc(Cl)ccc1OC. The number of methoxy groups -OCH3 is 1. The molecule has 0 atom stereocenters. The average Bonchev–Trinajstić information content (AvgIpc) is 2.57. The predicted octanol–water partition coefficient (Wildman–Crippen LogP) is 3.82. The summed E-state index contributed by atoms with van der Waals surface area (Å²) in [6.45, 7) is 3.23. The third-order valence-electron chi connectivity index (χ3n) is 3.56. The van der Waals surface area contributed by atoms with Gasteiger partial charge >= 0.3 is 0 Å². The lowest BCUT2D eigenvalue weighted by molar-refractivity contribution is -0.117. The number of hydrogen-bond acceptors (Lipinski definition) is 4. The molecule has 0 spiro atoms. The van der Waals surface area contributed by atoms with Crippen molar-refractivity contribution in [2.45, 2.75) is 13.5 Å². The standard InChI is InChI=1S/C19H23ClN2O3/c1-4-25-18-8-6-5-7-16(18)21-19(23)13-22(2)12-14-11-15(20)9-10-17(14)24-3/h5-11H,4,12-13H2,1-3H3,(H,21,23). The number of carbonyl (C=O) groups is 1. The van der Waals surface area contributed by atoms with Crippen LogP contribution in [0.2, 0.25) is 5.02 Å². The highest BCUT2D eigenvalue weighted by molar-refractivity contribution is 6.30. The maximum absolute atomic E-state index is 12.3. The number of rotatable bonds is 8. The first-order valence-corrected chi connectivity index (χ1v) is 8.44. The summed E-state index contributed by atoms with van der Waals surface area (Å²) in [5.41, 5.74) is 1.60. The molecule has 0 aromatic heterocycles. The highest BCUT2D eigenvalue weighted by atomic mass is 35.5. The molecule has 5 nitrogen and oxygen atoms in total. The summed E-state index contributed by atoms with van der Waals surface area (Å²) in [6, 6.07) is 12.8. The zero-order valence-corrected chi connectivity index (χ0v) is 15.5. The van der Waals surface area contributed by atoms with Gasteiger partial charge in [0.25, 0.3) is 0 Å². The van der Waals surface area contributed by atoms with Crippen LogP contribution >= 0.6 is 11.6 Å². The van der Waals surface area contributed by atoms with Gasteiger partial charge in [0, 0.05) is 17.1 Å². The third kappa shape index (κ3) is 5.66. The van der Waals surface area contributed by atoms with E-state index in [4.69, 9.17) is 21.1 Å².